The van der Waals surface area contributed by atoms with E-state index in [0.29, 0.717) is 22.9 Å². The first-order chi connectivity index (χ1) is 11.6. The van der Waals surface area contributed by atoms with E-state index >= 15 is 0 Å². The quantitative estimate of drug-likeness (QED) is 0.764. The summed E-state index contributed by atoms with van der Waals surface area (Å²) in [5.74, 6) is 0.296. The summed E-state index contributed by atoms with van der Waals surface area (Å²) >= 11 is 0. The number of aryl methyl sites for hydroxylation is 1. The van der Waals surface area contributed by atoms with Crippen LogP contribution >= 0.6 is 0 Å². The molecule has 0 atom stereocenters. The Labute approximate surface area is 138 Å². The Morgan fingerprint density at radius 2 is 1.50 bits per heavy atom. The van der Waals surface area contributed by atoms with Crippen molar-refractivity contribution in [1.29, 1.82) is 0 Å². The number of anilines is 3. The van der Waals surface area contributed by atoms with E-state index in [0.717, 1.165) is 5.56 Å². The highest BCUT2D eigenvalue weighted by Crippen LogP contribution is 2.15. The van der Waals surface area contributed by atoms with Gasteiger partial charge in [0.25, 0.3) is 5.91 Å². The molecule has 0 aliphatic carbocycles. The van der Waals surface area contributed by atoms with E-state index in [9.17, 15) is 9.18 Å². The first kappa shape index (κ1) is 15.6. The maximum absolute atomic E-state index is 12.9. The third-order valence-electron chi connectivity index (χ3n) is 3.34. The lowest BCUT2D eigenvalue weighted by atomic mass is 10.1. The number of rotatable bonds is 4. The van der Waals surface area contributed by atoms with Crippen LogP contribution in [0.25, 0.3) is 0 Å². The molecule has 0 fully saturated rings. The molecule has 3 rings (SSSR count). The Kier molecular flexibility index (Phi) is 4.47. The number of carbonyl (C=O) groups is 1. The van der Waals surface area contributed by atoms with E-state index < -0.39 is 0 Å². The largest absolute Gasteiger partial charge is 0.339 e. The zero-order chi connectivity index (χ0) is 16.9. The third-order valence-corrected chi connectivity index (χ3v) is 3.34. The van der Waals surface area contributed by atoms with Gasteiger partial charge in [-0.15, -0.1) is 10.2 Å². The van der Waals surface area contributed by atoms with Gasteiger partial charge in [0, 0.05) is 11.3 Å². The first-order valence-corrected chi connectivity index (χ1v) is 7.34. The average Bonchev–Trinajstić information content (AvgIpc) is 2.59. The zero-order valence-corrected chi connectivity index (χ0v) is 13.0. The van der Waals surface area contributed by atoms with Crippen molar-refractivity contribution >= 4 is 23.2 Å². The summed E-state index contributed by atoms with van der Waals surface area (Å²) in [7, 11) is 0. The molecule has 1 aromatic heterocycles. The normalized spacial score (nSPS) is 10.2. The van der Waals surface area contributed by atoms with Crippen LogP contribution in [0.5, 0.6) is 0 Å². The molecule has 2 N–H and O–H groups in total. The first-order valence-electron chi connectivity index (χ1n) is 7.34. The van der Waals surface area contributed by atoms with Gasteiger partial charge in [-0.1, -0.05) is 17.7 Å². The molecule has 5 nitrogen and oxygen atoms in total. The topological polar surface area (TPSA) is 66.9 Å². The molecule has 0 saturated heterocycles. The van der Waals surface area contributed by atoms with Crippen LogP contribution in [-0.4, -0.2) is 16.1 Å². The molecule has 1 heterocycles. The van der Waals surface area contributed by atoms with E-state index in [-0.39, 0.29) is 11.7 Å². The van der Waals surface area contributed by atoms with Crippen LogP contribution in [0.4, 0.5) is 21.7 Å². The number of nitrogens with zero attached hydrogens (tertiary/aromatic N) is 2. The highest BCUT2D eigenvalue weighted by molar-refractivity contribution is 6.03. The van der Waals surface area contributed by atoms with Crippen LogP contribution in [0.15, 0.2) is 60.7 Å². The summed E-state index contributed by atoms with van der Waals surface area (Å²) in [6.07, 6.45) is 0. The van der Waals surface area contributed by atoms with Crippen LogP contribution in [0.3, 0.4) is 0 Å². The highest BCUT2D eigenvalue weighted by Gasteiger charge is 2.07. The number of hydrogen-bond acceptors (Lipinski definition) is 4. The van der Waals surface area contributed by atoms with Gasteiger partial charge in [0.05, 0.1) is 0 Å². The fourth-order valence-corrected chi connectivity index (χ4v) is 2.04. The molecule has 0 bridgehead atoms. The average molecular weight is 322 g/mol. The molecule has 3 aromatic rings. The van der Waals surface area contributed by atoms with Crippen molar-refractivity contribution in [3.63, 3.8) is 0 Å². The van der Waals surface area contributed by atoms with Crippen LogP contribution in [-0.2, 0) is 0 Å². The molecule has 0 unspecified atom stereocenters. The van der Waals surface area contributed by atoms with E-state index in [1.54, 1.807) is 36.4 Å². The summed E-state index contributed by atoms with van der Waals surface area (Å²) < 4.78 is 12.9. The number of amides is 1. The Bertz CT molecular complexity index is 830. The lowest BCUT2D eigenvalue weighted by Crippen LogP contribution is -2.13. The summed E-state index contributed by atoms with van der Waals surface area (Å²) in [6.45, 7) is 1.96. The lowest BCUT2D eigenvalue weighted by Gasteiger charge is -2.07. The summed E-state index contributed by atoms with van der Waals surface area (Å²) in [5, 5.41) is 13.6. The van der Waals surface area contributed by atoms with Crippen LogP contribution in [0.2, 0.25) is 0 Å². The van der Waals surface area contributed by atoms with E-state index in [4.69, 9.17) is 0 Å². The predicted molar refractivity (Wildman–Crippen MR) is 90.8 cm³/mol. The zero-order valence-electron chi connectivity index (χ0n) is 13.0. The van der Waals surface area contributed by atoms with Crippen LogP contribution < -0.4 is 10.6 Å². The van der Waals surface area contributed by atoms with Gasteiger partial charge in [-0.3, -0.25) is 4.79 Å². The summed E-state index contributed by atoms with van der Waals surface area (Å²) in [6, 6.07) is 16.5. The van der Waals surface area contributed by atoms with Crippen molar-refractivity contribution in [2.24, 2.45) is 0 Å². The van der Waals surface area contributed by atoms with Crippen LogP contribution in [0, 0.1) is 12.7 Å². The van der Waals surface area contributed by atoms with Crippen molar-refractivity contribution in [2.75, 3.05) is 10.6 Å². The molecule has 2 aromatic carbocycles. The number of carbonyl (C=O) groups excluding carboxylic acids is 1. The van der Waals surface area contributed by atoms with Gasteiger partial charge in [0.2, 0.25) is 0 Å². The second-order valence-corrected chi connectivity index (χ2v) is 5.26. The molecular formula is C18H15FN4O. The molecule has 0 radical (unpaired) electrons. The Balaban J connectivity index is 1.64. The fourth-order valence-electron chi connectivity index (χ4n) is 2.04. The second kappa shape index (κ2) is 6.87. The van der Waals surface area contributed by atoms with E-state index in [1.807, 2.05) is 19.1 Å². The number of aromatic nitrogens is 2. The molecule has 1 amide bonds. The molecule has 0 aliphatic rings. The summed E-state index contributed by atoms with van der Waals surface area (Å²) in [4.78, 5) is 12.1. The van der Waals surface area contributed by atoms with Crippen molar-refractivity contribution in [3.05, 3.63) is 77.6 Å². The minimum Gasteiger partial charge on any atom is -0.339 e. The number of hydrogen-bond donors (Lipinski definition) is 2. The van der Waals surface area contributed by atoms with Crippen molar-refractivity contribution in [2.45, 2.75) is 6.92 Å². The number of benzene rings is 2. The molecule has 6 heteroatoms. The second-order valence-electron chi connectivity index (χ2n) is 5.26. The van der Waals surface area contributed by atoms with Gasteiger partial charge in [-0.25, -0.2) is 4.39 Å². The Morgan fingerprint density at radius 1 is 0.875 bits per heavy atom. The Morgan fingerprint density at radius 3 is 2.12 bits per heavy atom. The molecular weight excluding hydrogens is 307 g/mol. The lowest BCUT2D eigenvalue weighted by molar-refractivity contribution is 0.102. The third kappa shape index (κ3) is 3.92. The Hall–Kier alpha value is -3.28. The van der Waals surface area contributed by atoms with Crippen LogP contribution in [0.1, 0.15) is 15.9 Å². The maximum Gasteiger partial charge on any atom is 0.256 e. The smallest absolute Gasteiger partial charge is 0.256 e. The number of nitrogens with one attached hydrogen (secondary N) is 2. The van der Waals surface area contributed by atoms with E-state index in [2.05, 4.69) is 20.8 Å². The maximum atomic E-state index is 12.9. The molecule has 0 saturated carbocycles. The van der Waals surface area contributed by atoms with Gasteiger partial charge in [0.15, 0.2) is 11.6 Å². The standard InChI is InChI=1S/C18H15FN4O/c1-12-2-4-13(5-3-12)18(24)21-17-11-10-16(22-23-17)20-15-8-6-14(19)7-9-15/h2-11H,1H3,(H,20,22)(H,21,23,24). The van der Waals surface area contributed by atoms with Gasteiger partial charge < -0.3 is 10.6 Å². The van der Waals surface area contributed by atoms with Gasteiger partial charge in [-0.05, 0) is 55.5 Å². The minimum atomic E-state index is -0.305. The molecule has 24 heavy (non-hydrogen) atoms. The predicted octanol–water partition coefficient (Wildman–Crippen LogP) is 3.92. The highest BCUT2D eigenvalue weighted by atomic mass is 19.1. The van der Waals surface area contributed by atoms with Gasteiger partial charge >= 0.3 is 0 Å². The van der Waals surface area contributed by atoms with Gasteiger partial charge in [-0.2, -0.15) is 0 Å². The van der Waals surface area contributed by atoms with E-state index in [1.165, 1.54) is 12.1 Å². The molecule has 120 valence electrons. The van der Waals surface area contributed by atoms with Crippen molar-refractivity contribution in [1.82, 2.24) is 10.2 Å². The monoisotopic (exact) mass is 322 g/mol. The molecule has 0 spiro atoms. The minimum absolute atomic E-state index is 0.247. The SMILES string of the molecule is Cc1ccc(C(=O)Nc2ccc(Nc3ccc(F)cc3)nn2)cc1. The molecule has 0 aliphatic heterocycles. The van der Waals surface area contributed by atoms with Gasteiger partial charge in [0.1, 0.15) is 5.82 Å². The van der Waals surface area contributed by atoms with Crippen molar-refractivity contribution in [3.8, 4) is 0 Å². The van der Waals surface area contributed by atoms with Crippen molar-refractivity contribution < 1.29 is 9.18 Å². The summed E-state index contributed by atoms with van der Waals surface area (Å²) in [5.41, 5.74) is 2.33. The fraction of sp³-hybridized carbons (Fsp3) is 0.0556. The number of halogens is 1.